The van der Waals surface area contributed by atoms with Crippen molar-refractivity contribution >= 4 is 35.1 Å². The highest BCUT2D eigenvalue weighted by molar-refractivity contribution is 6.26. The number of rotatable bonds is 5. The van der Waals surface area contributed by atoms with Gasteiger partial charge in [-0.15, -0.1) is 11.6 Å². The number of halogens is 1. The second-order valence-corrected chi connectivity index (χ2v) is 12.3. The Morgan fingerprint density at radius 1 is 1.24 bits per heavy atom. The van der Waals surface area contributed by atoms with Crippen LogP contribution in [-0.4, -0.2) is 51.8 Å². The molecule has 0 bridgehead atoms. The van der Waals surface area contributed by atoms with E-state index in [4.69, 9.17) is 25.5 Å². The van der Waals surface area contributed by atoms with Crippen molar-refractivity contribution in [3.8, 4) is 0 Å². The number of allylic oxidation sites excluding steroid dienone is 4. The number of esters is 2. The molecule has 8 nitrogen and oxygen atoms in total. The van der Waals surface area contributed by atoms with Gasteiger partial charge < -0.3 is 19.0 Å². The van der Waals surface area contributed by atoms with E-state index in [-0.39, 0.29) is 29.8 Å². The molecule has 1 aromatic rings. The predicted molar refractivity (Wildman–Crippen MR) is 136 cm³/mol. The second-order valence-electron chi connectivity index (χ2n) is 11.7. The molecule has 1 aromatic heterocycles. The second kappa shape index (κ2) is 8.91. The third-order valence-corrected chi connectivity index (χ3v) is 10.9. The SMILES string of the molecule is CC(=O)OCC(=O)[C@@]1(OC(=O)c2ccco2)[C@H](C)C[C@H]2[C@@H]3CCC4=CC(=O)C=C[C@]4(C)[C@@]3(Cl)[C@@H](O)C[C@@]21C. The van der Waals surface area contributed by atoms with Crippen LogP contribution in [0.15, 0.2) is 46.6 Å². The molecule has 0 spiro atoms. The van der Waals surface area contributed by atoms with E-state index in [0.717, 1.165) is 5.57 Å². The molecule has 4 aliphatic carbocycles. The number of ketones is 2. The minimum Gasteiger partial charge on any atom is -0.458 e. The van der Waals surface area contributed by atoms with Crippen molar-refractivity contribution in [1.82, 2.24) is 0 Å². The zero-order valence-electron chi connectivity index (χ0n) is 22.0. The van der Waals surface area contributed by atoms with E-state index in [0.29, 0.717) is 19.3 Å². The number of ether oxygens (including phenoxy) is 2. The van der Waals surface area contributed by atoms with E-state index in [1.54, 1.807) is 12.1 Å². The fourth-order valence-electron chi connectivity index (χ4n) is 8.26. The van der Waals surface area contributed by atoms with Gasteiger partial charge in [0.25, 0.3) is 0 Å². The summed E-state index contributed by atoms with van der Waals surface area (Å²) < 4.78 is 16.5. The Hall–Kier alpha value is -2.71. The molecule has 4 aliphatic rings. The number of hydrogen-bond acceptors (Lipinski definition) is 8. The van der Waals surface area contributed by atoms with Gasteiger partial charge in [0.1, 0.15) is 0 Å². The van der Waals surface area contributed by atoms with Crippen LogP contribution in [0.1, 0.15) is 63.9 Å². The highest BCUT2D eigenvalue weighted by Crippen LogP contribution is 2.72. The molecule has 0 saturated heterocycles. The molecule has 3 fully saturated rings. The Labute approximate surface area is 226 Å². The summed E-state index contributed by atoms with van der Waals surface area (Å²) in [6.07, 6.45) is 7.01. The van der Waals surface area contributed by atoms with Crippen molar-refractivity contribution in [3.05, 3.63) is 48.0 Å². The van der Waals surface area contributed by atoms with Gasteiger partial charge in [-0.25, -0.2) is 4.79 Å². The molecular formula is C29H33ClO8. The summed E-state index contributed by atoms with van der Waals surface area (Å²) in [4.78, 5) is 49.9. The number of fused-ring (bicyclic) bond motifs is 5. The third-order valence-electron chi connectivity index (χ3n) is 9.98. The molecule has 8 atom stereocenters. The largest absolute Gasteiger partial charge is 0.458 e. The monoisotopic (exact) mass is 544 g/mol. The zero-order chi connectivity index (χ0) is 27.7. The lowest BCUT2D eigenvalue weighted by Gasteiger charge is -2.64. The summed E-state index contributed by atoms with van der Waals surface area (Å²) in [6.45, 7) is 6.33. The maximum Gasteiger partial charge on any atom is 0.375 e. The molecular weight excluding hydrogens is 512 g/mol. The fraction of sp³-hybridized carbons (Fsp3) is 0.586. The zero-order valence-corrected chi connectivity index (χ0v) is 22.7. The Kier molecular flexibility index (Phi) is 6.31. The normalized spacial score (nSPS) is 41.4. The minimum absolute atomic E-state index is 0.0519. The van der Waals surface area contributed by atoms with Crippen LogP contribution in [0, 0.1) is 28.6 Å². The van der Waals surface area contributed by atoms with Crippen molar-refractivity contribution in [3.63, 3.8) is 0 Å². The summed E-state index contributed by atoms with van der Waals surface area (Å²) >= 11 is 7.50. The first kappa shape index (κ1) is 26.9. The smallest absolute Gasteiger partial charge is 0.375 e. The number of aliphatic hydroxyl groups is 1. The van der Waals surface area contributed by atoms with Gasteiger partial charge in [-0.3, -0.25) is 14.4 Å². The minimum atomic E-state index is -1.69. The molecule has 0 aliphatic heterocycles. The Morgan fingerprint density at radius 3 is 2.63 bits per heavy atom. The van der Waals surface area contributed by atoms with Gasteiger partial charge in [0.2, 0.25) is 11.5 Å². The predicted octanol–water partition coefficient (Wildman–Crippen LogP) is 4.19. The molecule has 0 unspecified atom stereocenters. The number of aliphatic hydroxyl groups excluding tert-OH is 1. The summed E-state index contributed by atoms with van der Waals surface area (Å²) in [7, 11) is 0. The van der Waals surface area contributed by atoms with Crippen LogP contribution in [0.25, 0.3) is 0 Å². The van der Waals surface area contributed by atoms with Crippen molar-refractivity contribution in [1.29, 1.82) is 0 Å². The van der Waals surface area contributed by atoms with Gasteiger partial charge >= 0.3 is 11.9 Å². The van der Waals surface area contributed by atoms with Crippen LogP contribution in [0.4, 0.5) is 0 Å². The van der Waals surface area contributed by atoms with Crippen molar-refractivity contribution in [2.24, 2.45) is 28.6 Å². The van der Waals surface area contributed by atoms with Crippen LogP contribution in [0.5, 0.6) is 0 Å². The lowest BCUT2D eigenvalue weighted by atomic mass is 9.45. The van der Waals surface area contributed by atoms with Gasteiger partial charge in [0.15, 0.2) is 18.0 Å². The molecule has 5 rings (SSSR count). The van der Waals surface area contributed by atoms with E-state index in [9.17, 15) is 24.3 Å². The van der Waals surface area contributed by atoms with Gasteiger partial charge in [-0.1, -0.05) is 32.4 Å². The first-order valence-corrected chi connectivity index (χ1v) is 13.4. The molecule has 204 valence electrons. The van der Waals surface area contributed by atoms with E-state index >= 15 is 0 Å². The molecule has 1 heterocycles. The Bertz CT molecular complexity index is 1250. The molecule has 0 radical (unpaired) electrons. The van der Waals surface area contributed by atoms with Crippen LogP contribution < -0.4 is 0 Å². The van der Waals surface area contributed by atoms with Gasteiger partial charge in [-0.05, 0) is 61.8 Å². The number of carbonyl (C=O) groups excluding carboxylic acids is 4. The summed E-state index contributed by atoms with van der Waals surface area (Å²) in [5.41, 5.74) is -2.56. The number of carbonyl (C=O) groups is 4. The van der Waals surface area contributed by atoms with E-state index in [1.807, 2.05) is 26.8 Å². The average Bonchev–Trinajstić information content (AvgIpc) is 3.46. The van der Waals surface area contributed by atoms with Crippen LogP contribution >= 0.6 is 11.6 Å². The summed E-state index contributed by atoms with van der Waals surface area (Å²) in [5.74, 6) is -3.01. The fourth-order valence-corrected chi connectivity index (χ4v) is 8.79. The quantitative estimate of drug-likeness (QED) is 0.432. The van der Waals surface area contributed by atoms with E-state index < -0.39 is 57.7 Å². The molecule has 0 aromatic carbocycles. The first-order chi connectivity index (χ1) is 17.8. The number of Topliss-reactive ketones (excluding diaryl/α,β-unsaturated/α-hetero) is 1. The van der Waals surface area contributed by atoms with Gasteiger partial charge in [-0.2, -0.15) is 0 Å². The van der Waals surface area contributed by atoms with Crippen molar-refractivity contribution in [2.75, 3.05) is 6.61 Å². The summed E-state index contributed by atoms with van der Waals surface area (Å²) in [5, 5.41) is 11.8. The molecule has 9 heteroatoms. The van der Waals surface area contributed by atoms with Crippen molar-refractivity contribution in [2.45, 2.75) is 70.0 Å². The topological polar surface area (TPSA) is 120 Å². The Balaban J connectivity index is 1.61. The maximum absolute atomic E-state index is 14.0. The first-order valence-electron chi connectivity index (χ1n) is 13.1. The molecule has 0 amide bonds. The summed E-state index contributed by atoms with van der Waals surface area (Å²) in [6, 6.07) is 3.01. The molecule has 3 saturated carbocycles. The van der Waals surface area contributed by atoms with E-state index in [2.05, 4.69) is 0 Å². The highest BCUT2D eigenvalue weighted by Gasteiger charge is 2.76. The number of furan rings is 1. The molecule has 1 N–H and O–H groups in total. The van der Waals surface area contributed by atoms with Gasteiger partial charge in [0, 0.05) is 23.7 Å². The highest BCUT2D eigenvalue weighted by atomic mass is 35.5. The maximum atomic E-state index is 14.0. The lowest BCUT2D eigenvalue weighted by molar-refractivity contribution is -0.183. The van der Waals surface area contributed by atoms with Crippen LogP contribution in [-0.2, 0) is 23.9 Å². The standard InChI is InChI=1S/C29H33ClO8/c1-16-12-21-20-8-7-18-13-19(32)9-10-26(18,3)28(20,30)23(33)14-27(21,4)29(16,24(34)15-37-17(2)31)38-25(35)22-6-5-11-36-22/h5-6,9-11,13,16,20-21,23,33H,7-8,12,14-15H2,1-4H3/t16-,20+,21+,23+,26+,27+,28+,29+/m1/s1. The van der Waals surface area contributed by atoms with Crippen LogP contribution in [0.3, 0.4) is 0 Å². The third kappa shape index (κ3) is 3.45. The number of alkyl halides is 1. The number of hydrogen-bond donors (Lipinski definition) is 1. The Morgan fingerprint density at radius 2 is 1.97 bits per heavy atom. The molecule has 38 heavy (non-hydrogen) atoms. The van der Waals surface area contributed by atoms with Crippen molar-refractivity contribution < 1.29 is 38.2 Å². The lowest BCUT2D eigenvalue weighted by Crippen LogP contribution is -2.69. The van der Waals surface area contributed by atoms with E-state index in [1.165, 1.54) is 25.3 Å². The van der Waals surface area contributed by atoms with Gasteiger partial charge in [0.05, 0.1) is 17.2 Å². The average molecular weight is 545 g/mol. The van der Waals surface area contributed by atoms with Crippen LogP contribution in [0.2, 0.25) is 0 Å².